The minimum absolute atomic E-state index is 0.0647. The summed E-state index contributed by atoms with van der Waals surface area (Å²) in [6.07, 6.45) is 14.0. The molecule has 0 aromatic heterocycles. The van der Waals surface area contributed by atoms with Crippen molar-refractivity contribution in [1.29, 1.82) is 0 Å². The highest BCUT2D eigenvalue weighted by Crippen LogP contribution is 2.31. The van der Waals surface area contributed by atoms with Gasteiger partial charge in [-0.3, -0.25) is 4.90 Å². The third-order valence-electron chi connectivity index (χ3n) is 15.1. The number of likely N-dealkylation sites (N-methyl/N-ethyl adjacent to an activating group) is 2. The molecule has 0 saturated carbocycles. The molecule has 0 amide bonds. The fraction of sp³-hybridized carbons (Fsp3) is 0.589. The minimum atomic E-state index is -2.64. The molecule has 2 N–H and O–H groups in total. The summed E-state index contributed by atoms with van der Waals surface area (Å²) in [5, 5.41) is 9.00. The zero-order chi connectivity index (χ0) is 100.0. The lowest BCUT2D eigenvalue weighted by Crippen LogP contribution is -2.57. The van der Waals surface area contributed by atoms with Gasteiger partial charge >= 0.3 is 58.3 Å². The van der Waals surface area contributed by atoms with Crippen LogP contribution in [0.25, 0.3) is 0 Å². The summed E-state index contributed by atoms with van der Waals surface area (Å²) < 4.78 is 152. The Balaban J connectivity index is -0.000000488. The van der Waals surface area contributed by atoms with Gasteiger partial charge < -0.3 is 123 Å². The van der Waals surface area contributed by atoms with Crippen LogP contribution in [-0.4, -0.2) is 375 Å². The molecule has 5 atom stereocenters. The van der Waals surface area contributed by atoms with Gasteiger partial charge in [-0.1, -0.05) is 108 Å². The van der Waals surface area contributed by atoms with Crippen molar-refractivity contribution in [3.63, 3.8) is 0 Å². The lowest BCUT2D eigenvalue weighted by molar-refractivity contribution is -0.891. The quantitative estimate of drug-likeness (QED) is 0.00836. The average Bonchev–Trinajstić information content (AvgIpc) is 0.802. The Kier molecular flexibility index (Phi) is 88.1. The monoisotopic (exact) mass is 1910 g/mol. The topological polar surface area (TPSA) is 428 Å². The molecular weight excluding hydrogens is 1760 g/mol. The highest BCUT2D eigenvalue weighted by Gasteiger charge is 2.44. The maximum absolute atomic E-state index is 11.2. The van der Waals surface area contributed by atoms with E-state index in [2.05, 4.69) is 150 Å². The number of aliphatic hydroxyl groups is 1. The summed E-state index contributed by atoms with van der Waals surface area (Å²) in [7, 11) is 4.36. The van der Waals surface area contributed by atoms with Crippen LogP contribution >= 0.6 is 16.3 Å². The number of carbonyl (C=O) groups is 7. The van der Waals surface area contributed by atoms with Crippen LogP contribution in [-0.2, 0) is 156 Å². The molecule has 39 nitrogen and oxygen atoms in total. The van der Waals surface area contributed by atoms with Crippen molar-refractivity contribution in [2.24, 2.45) is 5.41 Å². The number of hydrogen-bond acceptors (Lipinski definition) is 36. The summed E-state index contributed by atoms with van der Waals surface area (Å²) in [4.78, 5) is 86.4. The Hall–Kier alpha value is -8.49. The molecule has 2 aliphatic heterocycles. The predicted octanol–water partition coefficient (Wildman–Crippen LogP) is 9.41. The second-order valence-electron chi connectivity index (χ2n) is 28.3. The van der Waals surface area contributed by atoms with Gasteiger partial charge in [-0.2, -0.15) is 0 Å². The first-order valence-electron chi connectivity index (χ1n) is 41.4. The lowest BCUT2D eigenvalue weighted by Gasteiger charge is -2.45. The van der Waals surface area contributed by atoms with E-state index < -0.39 is 89.5 Å². The van der Waals surface area contributed by atoms with Crippen molar-refractivity contribution in [3.8, 4) is 0 Å². The van der Waals surface area contributed by atoms with Gasteiger partial charge in [-0.05, 0) is 51.3 Å². The van der Waals surface area contributed by atoms with Gasteiger partial charge in [0, 0.05) is 59.1 Å². The van der Waals surface area contributed by atoms with E-state index in [1.54, 1.807) is 65.0 Å². The van der Waals surface area contributed by atoms with Crippen molar-refractivity contribution < 1.29 is 180 Å². The van der Waals surface area contributed by atoms with Crippen LogP contribution < -0.4 is 0 Å². The standard InChI is InChI=1S/C22H38O10.C19H36N2O4.C15H21NO6.C14H22O4.C7H12O4P.C7H10O3.C6H11O5P/c1-17(2)21(23)31-15-13-29-19(5)27-11-9-25-7-8-26-10-12-28-20(6)30-14-16-32-22(24)18(3)4;1-7-9-20(3,4)11-17-22-13-19(14-23-17)15-24-18(25-16-19)12-21(5,6)10-8-2;1-4-13(17)20-10-7-16(8-11-21-14(18)5-2)9-12-22-15(19)6-3;1-5-9-15-13(16-10-6-2)14(17-11-7-3)18-12-8-4;1-6(2)7(8)10-4-5-11-12(3)9;1-3-5-9-7(8)10-6-4-2;1-2-3-10-4-6(7)5-11-12(8)9/h19-20H,1,3,7-16H2,2,4-6H3;7-8,17-18H,1-2,9-16H2,3-6H3;4-6H,1-3,7-12H2;5-8,13-14H,1-4,9-12H2;1,4-5H2,2-3H3;3-4H,1-2,5-6H2;2,6-7H,1,3-5H2/q;+2;;;+1;;/p+1. The molecule has 2 fully saturated rings. The van der Waals surface area contributed by atoms with Gasteiger partial charge in [0.05, 0.1) is 166 Å². The molecule has 131 heavy (non-hydrogen) atoms. The maximum Gasteiger partial charge on any atom is 0.694 e. The number of esters is 6. The fourth-order valence-corrected chi connectivity index (χ4v) is 9.43. The molecule has 0 aromatic carbocycles. The first-order chi connectivity index (χ1) is 62.3. The van der Waals surface area contributed by atoms with Crippen LogP contribution in [0.15, 0.2) is 188 Å². The minimum Gasteiger partial charge on any atom is -0.461 e. The fourth-order valence-electron chi connectivity index (χ4n) is 8.80. The maximum atomic E-state index is 11.2. The third-order valence-corrected chi connectivity index (χ3v) is 16.0. The predicted molar refractivity (Wildman–Crippen MR) is 492 cm³/mol. The smallest absolute Gasteiger partial charge is 0.461 e. The van der Waals surface area contributed by atoms with E-state index in [0.29, 0.717) is 135 Å². The summed E-state index contributed by atoms with van der Waals surface area (Å²) in [5.74, 6) is -2.88. The summed E-state index contributed by atoms with van der Waals surface area (Å²) in [6, 6.07) is 0. The lowest BCUT2D eigenvalue weighted by atomic mass is 9.91. The first-order valence-corrected chi connectivity index (χ1v) is 44.2. The van der Waals surface area contributed by atoms with Crippen molar-refractivity contribution in [3.05, 3.63) is 188 Å². The summed E-state index contributed by atoms with van der Waals surface area (Å²) in [6.45, 7) is 74.9. The second-order valence-corrected chi connectivity index (χ2v) is 30.2. The Morgan fingerprint density at radius 1 is 0.405 bits per heavy atom. The number of rotatable bonds is 70. The largest absolute Gasteiger partial charge is 0.694 e. The van der Waals surface area contributed by atoms with Crippen LogP contribution in [0.2, 0.25) is 0 Å². The Bertz CT molecular complexity index is 3070. The highest BCUT2D eigenvalue weighted by molar-refractivity contribution is 7.38. The zero-order valence-electron chi connectivity index (χ0n) is 78.8. The van der Waals surface area contributed by atoms with Gasteiger partial charge in [-0.25, -0.2) is 33.6 Å². The molecule has 2 aliphatic rings. The number of quaternary nitrogens is 2. The molecule has 2 rings (SSSR count). The molecule has 0 bridgehead atoms. The number of hydrogen-bond donors (Lipinski definition) is 2. The van der Waals surface area contributed by atoms with Crippen molar-refractivity contribution in [2.75, 3.05) is 266 Å². The molecule has 0 radical (unpaired) electrons. The van der Waals surface area contributed by atoms with Gasteiger partial charge in [0.15, 0.2) is 19.2 Å². The summed E-state index contributed by atoms with van der Waals surface area (Å²) in [5.41, 5.74) is 0.860. The van der Waals surface area contributed by atoms with Crippen LogP contribution in [0.5, 0.6) is 0 Å². The van der Waals surface area contributed by atoms with Crippen LogP contribution in [0.3, 0.4) is 0 Å². The molecule has 2 heterocycles. The van der Waals surface area contributed by atoms with E-state index in [1.807, 2.05) is 17.1 Å². The van der Waals surface area contributed by atoms with Gasteiger partial charge in [0.2, 0.25) is 25.2 Å². The molecule has 5 unspecified atom stereocenters. The number of nitrogens with zero attached hydrogens (tertiary/aromatic N) is 3. The van der Waals surface area contributed by atoms with Gasteiger partial charge in [-0.15, -0.1) is 46.8 Å². The van der Waals surface area contributed by atoms with Crippen molar-refractivity contribution >= 4 is 58.3 Å². The Labute approximate surface area is 777 Å². The Morgan fingerprint density at radius 3 is 0.992 bits per heavy atom. The third kappa shape index (κ3) is 86.7. The number of carbonyl (C=O) groups excluding carboxylic acids is 7. The van der Waals surface area contributed by atoms with Gasteiger partial charge in [0.1, 0.15) is 85.3 Å². The molecule has 1 spiro atoms. The van der Waals surface area contributed by atoms with Crippen molar-refractivity contribution in [1.82, 2.24) is 4.90 Å². The van der Waals surface area contributed by atoms with E-state index in [0.717, 1.165) is 53.4 Å². The van der Waals surface area contributed by atoms with Crippen LogP contribution in [0.1, 0.15) is 34.6 Å². The van der Waals surface area contributed by atoms with E-state index in [1.165, 1.54) is 18.8 Å². The van der Waals surface area contributed by atoms with Gasteiger partial charge in [0.25, 0.3) is 0 Å². The average molecular weight is 1910 g/mol. The molecular formula is C90H151N3O36P2+4. The van der Waals surface area contributed by atoms with E-state index in [-0.39, 0.29) is 104 Å². The van der Waals surface area contributed by atoms with E-state index in [4.69, 9.17) is 105 Å². The molecule has 0 aromatic rings. The number of ether oxygens (including phenoxy) is 23. The molecule has 748 valence electrons. The Morgan fingerprint density at radius 2 is 0.710 bits per heavy atom. The highest BCUT2D eigenvalue weighted by atomic mass is 31.1. The van der Waals surface area contributed by atoms with E-state index in [9.17, 15) is 42.7 Å². The summed E-state index contributed by atoms with van der Waals surface area (Å²) >= 11 is 0. The van der Waals surface area contributed by atoms with Crippen molar-refractivity contribution in [2.45, 2.75) is 78.5 Å². The molecule has 0 aliphatic carbocycles. The van der Waals surface area contributed by atoms with E-state index >= 15 is 0 Å². The second kappa shape index (κ2) is 88.1. The number of aliphatic hydroxyl groups excluding tert-OH is 1. The molecule has 41 heteroatoms. The SMILES string of the molecule is C=C(C)C(=O)OCCOC(C)OCCOCCOCCOC(C)OCCOC(=O)C(=C)C.C=C(C)C(=O)OCCO[P+](C)=O.C=CC(=O)OCCN(CCOC(=O)C=C)CCOC(=O)C=C.C=CCOC(=O)OCC=C.C=CCOC(OCC=C)C(OCC=C)OCC=C.C=CCOCC(O)CO[P+](=O)O.C=CC[N+](C)(C)CC1OCC2(CO1)COC(C[N+](C)(C)CC=C)OC2. The van der Waals surface area contributed by atoms with Crippen LogP contribution in [0, 0.1) is 5.41 Å². The van der Waals surface area contributed by atoms with Crippen LogP contribution in [0.4, 0.5) is 4.79 Å². The normalized spacial score (nSPS) is 15.0. The first kappa shape index (κ1) is 131. The molecule has 2 saturated heterocycles. The zero-order valence-corrected chi connectivity index (χ0v) is 80.6.